The van der Waals surface area contributed by atoms with Gasteiger partial charge in [0.25, 0.3) is 0 Å². The molecule has 13 heteroatoms. The largest absolute Gasteiger partial charge is 0.367 e. The van der Waals surface area contributed by atoms with Crippen LogP contribution in [0.1, 0.15) is 211 Å². The van der Waals surface area contributed by atoms with Crippen LogP contribution in [0.3, 0.4) is 0 Å². The average molecular weight is 976 g/mol. The summed E-state index contributed by atoms with van der Waals surface area (Å²) in [4.78, 5) is 52.5. The van der Waals surface area contributed by atoms with Crippen molar-refractivity contribution < 1.29 is 29.4 Å². The minimum Gasteiger partial charge on any atom is -0.367 e. The zero-order valence-electron chi connectivity index (χ0n) is 43.6. The monoisotopic (exact) mass is 975 g/mol. The number of likely N-dealkylation sites (N-methyl/N-ethyl adjacent to an activating group) is 1. The summed E-state index contributed by atoms with van der Waals surface area (Å²) in [6.07, 6.45) is 8.51. The van der Waals surface area contributed by atoms with Gasteiger partial charge in [0.2, 0.25) is 23.6 Å². The molecular formula is C50H115BrN6O6. The summed E-state index contributed by atoms with van der Waals surface area (Å²) in [5.74, 6) is -0.131. The standard InChI is InChI=1S/C16H32N2O4.C16H32N2O2.C6H15N.C4H9Br.C2H7N.2C2H6.2CH4/c1-6-8-9-18(10-14(19)20)16(22)13(7-2)17-15(21)12(5)11(3)4;1-7-10-11-18(9-3)16(20)14(8-2)17-15(19)13(6)12(4)5;1-3-5-6-7-4-2;1-2-3-4-5;1-2-3;2*1-2;;/h11-14,19-20H,6-10H2,1-5H3,(H,17,21);12-14H,7-11H2,1-6H3,(H,17,19);7H,3-6H2,1-2H3;2-4H2,1H3;2-3H2,1H3;2*1-2H3;2*1H4/t12-,13-;13-,14-;;;;;;;/m00......./s1. The average Bonchev–Trinajstić information content (AvgIpc) is 3.25. The summed E-state index contributed by atoms with van der Waals surface area (Å²) in [6, 6.07) is -1.01. The van der Waals surface area contributed by atoms with Crippen molar-refractivity contribution >= 4 is 39.6 Å². The molecule has 0 spiro atoms. The van der Waals surface area contributed by atoms with Crippen LogP contribution in [0, 0.1) is 23.7 Å². The molecule has 0 radical (unpaired) electrons. The molecule has 0 aromatic carbocycles. The predicted molar refractivity (Wildman–Crippen MR) is 282 cm³/mol. The summed E-state index contributed by atoms with van der Waals surface area (Å²) < 4.78 is 0. The van der Waals surface area contributed by atoms with Crippen LogP contribution in [0.2, 0.25) is 0 Å². The van der Waals surface area contributed by atoms with Gasteiger partial charge >= 0.3 is 0 Å². The first kappa shape index (κ1) is 81.4. The highest BCUT2D eigenvalue weighted by Crippen LogP contribution is 2.12. The minimum atomic E-state index is -1.57. The Kier molecular flexibility index (Phi) is 80.5. The lowest BCUT2D eigenvalue weighted by atomic mass is 9.96. The minimum absolute atomic E-state index is 0. The maximum atomic E-state index is 12.5. The lowest BCUT2D eigenvalue weighted by Crippen LogP contribution is -2.51. The van der Waals surface area contributed by atoms with E-state index in [1.807, 2.05) is 109 Å². The van der Waals surface area contributed by atoms with Gasteiger partial charge in [-0.25, -0.2) is 0 Å². The zero-order valence-corrected chi connectivity index (χ0v) is 45.2. The van der Waals surface area contributed by atoms with E-state index in [0.717, 1.165) is 50.6 Å². The van der Waals surface area contributed by atoms with E-state index < -0.39 is 12.3 Å². The molecule has 4 atom stereocenters. The van der Waals surface area contributed by atoms with Gasteiger partial charge in [0, 0.05) is 36.8 Å². The van der Waals surface area contributed by atoms with Crippen molar-refractivity contribution in [1.82, 2.24) is 25.8 Å². The Morgan fingerprint density at radius 3 is 1.16 bits per heavy atom. The highest BCUT2D eigenvalue weighted by molar-refractivity contribution is 9.09. The Hall–Kier alpha value is -1.80. The summed E-state index contributed by atoms with van der Waals surface area (Å²) in [6.45, 7) is 42.9. The van der Waals surface area contributed by atoms with E-state index in [2.05, 4.69) is 59.6 Å². The van der Waals surface area contributed by atoms with E-state index >= 15 is 0 Å². The van der Waals surface area contributed by atoms with Gasteiger partial charge in [-0.2, -0.15) is 0 Å². The van der Waals surface area contributed by atoms with Gasteiger partial charge in [0.1, 0.15) is 12.1 Å². The van der Waals surface area contributed by atoms with Crippen LogP contribution in [-0.2, 0) is 19.2 Å². The number of carbonyl (C=O) groups is 4. The first-order valence-electron chi connectivity index (χ1n) is 24.4. The summed E-state index contributed by atoms with van der Waals surface area (Å²) in [7, 11) is 0. The van der Waals surface area contributed by atoms with E-state index in [-0.39, 0.29) is 74.7 Å². The molecule has 0 bridgehead atoms. The van der Waals surface area contributed by atoms with Gasteiger partial charge in [0.05, 0.1) is 6.54 Å². The number of halogens is 1. The second-order valence-electron chi connectivity index (χ2n) is 15.1. The van der Waals surface area contributed by atoms with Crippen molar-refractivity contribution in [2.75, 3.05) is 51.1 Å². The van der Waals surface area contributed by atoms with Gasteiger partial charge in [-0.05, 0) is 76.9 Å². The lowest BCUT2D eigenvalue weighted by molar-refractivity contribution is -0.142. The molecule has 7 N–H and O–H groups in total. The van der Waals surface area contributed by atoms with Crippen LogP contribution in [0.15, 0.2) is 0 Å². The number of nitrogens with zero attached hydrogens (tertiary/aromatic N) is 2. The maximum Gasteiger partial charge on any atom is 0.245 e. The lowest BCUT2D eigenvalue weighted by Gasteiger charge is -2.29. The molecule has 0 aliphatic heterocycles. The third-order valence-corrected chi connectivity index (χ3v) is 9.83. The highest BCUT2D eigenvalue weighted by Gasteiger charge is 2.28. The zero-order chi connectivity index (χ0) is 49.4. The van der Waals surface area contributed by atoms with E-state index in [9.17, 15) is 19.2 Å². The number of rotatable bonds is 25. The molecule has 12 nitrogen and oxygen atoms in total. The molecule has 0 fully saturated rings. The molecule has 0 aliphatic carbocycles. The number of hydrogen-bond acceptors (Lipinski definition) is 8. The van der Waals surface area contributed by atoms with Gasteiger partial charge in [-0.15, -0.1) is 0 Å². The molecule has 0 heterocycles. The normalized spacial score (nSPS) is 11.5. The van der Waals surface area contributed by atoms with Crippen LogP contribution in [-0.4, -0.2) is 113 Å². The number of carbonyl (C=O) groups excluding carboxylic acids is 4. The smallest absolute Gasteiger partial charge is 0.245 e. The van der Waals surface area contributed by atoms with Crippen molar-refractivity contribution in [3.63, 3.8) is 0 Å². The second-order valence-corrected chi connectivity index (χ2v) is 15.8. The number of unbranched alkanes of at least 4 members (excludes halogenated alkanes) is 4. The van der Waals surface area contributed by atoms with Crippen LogP contribution >= 0.6 is 15.9 Å². The summed E-state index contributed by atoms with van der Waals surface area (Å²) in [5.41, 5.74) is 4.85. The molecule has 0 unspecified atom stereocenters. The van der Waals surface area contributed by atoms with E-state index in [1.165, 1.54) is 37.1 Å². The first-order chi connectivity index (χ1) is 28.9. The van der Waals surface area contributed by atoms with Crippen LogP contribution in [0.25, 0.3) is 0 Å². The Balaban J connectivity index is -0.0000000923. The first-order valence-corrected chi connectivity index (χ1v) is 25.5. The van der Waals surface area contributed by atoms with Crippen LogP contribution in [0.4, 0.5) is 0 Å². The molecule has 63 heavy (non-hydrogen) atoms. The van der Waals surface area contributed by atoms with Crippen molar-refractivity contribution in [3.8, 4) is 0 Å². The summed E-state index contributed by atoms with van der Waals surface area (Å²) in [5, 5.41) is 28.4. The fourth-order valence-corrected chi connectivity index (χ4v) is 5.11. The van der Waals surface area contributed by atoms with E-state index in [1.54, 1.807) is 0 Å². The second kappa shape index (κ2) is 62.3. The quantitative estimate of drug-likeness (QED) is 0.0297. The molecule has 0 rings (SSSR count). The SMILES string of the molecule is C.C.CC.CC.CCCCBr.CCCCN(CC(O)O)C(=O)[C@H](CC)NC(=O)[C@@H](C)C(C)C.CCCCN(CC)C(=O)[C@H](CC)NC(=O)[C@@H](C)C(C)C.CCCCNCC.CCN. The Labute approximate surface area is 402 Å². The van der Waals surface area contributed by atoms with Crippen molar-refractivity contribution in [2.45, 2.75) is 229 Å². The third-order valence-electron chi connectivity index (χ3n) is 9.27. The fourth-order valence-electron chi connectivity index (χ4n) is 4.55. The molecule has 4 amide bonds. The number of nitrogens with one attached hydrogen (secondary N) is 3. The molecular weight excluding hydrogens is 860 g/mol. The van der Waals surface area contributed by atoms with E-state index in [4.69, 9.17) is 15.9 Å². The van der Waals surface area contributed by atoms with Crippen molar-refractivity contribution in [1.29, 1.82) is 0 Å². The topological polar surface area (TPSA) is 177 Å². The maximum absolute atomic E-state index is 12.5. The highest BCUT2D eigenvalue weighted by atomic mass is 79.9. The van der Waals surface area contributed by atoms with Crippen LogP contribution < -0.4 is 21.7 Å². The molecule has 388 valence electrons. The van der Waals surface area contributed by atoms with Gasteiger partial charge in [-0.1, -0.05) is 181 Å². The number of aliphatic hydroxyl groups excluding tert-OH is 1. The molecule has 0 aromatic rings. The van der Waals surface area contributed by atoms with Crippen molar-refractivity contribution in [3.05, 3.63) is 0 Å². The van der Waals surface area contributed by atoms with Gasteiger partial charge in [-0.3, -0.25) is 19.2 Å². The number of alkyl halides is 1. The Morgan fingerprint density at radius 2 is 0.921 bits per heavy atom. The number of aliphatic hydroxyl groups is 2. The van der Waals surface area contributed by atoms with Gasteiger partial charge < -0.3 is 41.7 Å². The van der Waals surface area contributed by atoms with Crippen LogP contribution in [0.5, 0.6) is 0 Å². The van der Waals surface area contributed by atoms with E-state index in [0.29, 0.717) is 25.9 Å². The number of amides is 4. The Morgan fingerprint density at radius 1 is 0.587 bits per heavy atom. The third kappa shape index (κ3) is 52.7. The predicted octanol–water partition coefficient (Wildman–Crippen LogP) is 10.8. The Bertz CT molecular complexity index is 924. The van der Waals surface area contributed by atoms with Gasteiger partial charge in [0.15, 0.2) is 6.29 Å². The molecule has 0 aromatic heterocycles. The molecule has 0 aliphatic rings. The fraction of sp³-hybridized carbons (Fsp3) is 0.920. The number of nitrogens with two attached hydrogens (primary N) is 1. The molecule has 0 saturated heterocycles. The molecule has 0 saturated carbocycles. The van der Waals surface area contributed by atoms with Crippen molar-refractivity contribution in [2.24, 2.45) is 29.4 Å². The summed E-state index contributed by atoms with van der Waals surface area (Å²) >= 11 is 3.31. The number of hydrogen-bond donors (Lipinski definition) is 6.